The second kappa shape index (κ2) is 4.59. The summed E-state index contributed by atoms with van der Waals surface area (Å²) < 4.78 is 5.73. The van der Waals surface area contributed by atoms with Crippen LogP contribution in [0.1, 0.15) is 35.7 Å². The highest BCUT2D eigenvalue weighted by Crippen LogP contribution is 2.41. The number of fused-ring (bicyclic) bond motifs is 1. The topological polar surface area (TPSA) is 38.5 Å². The molecule has 94 valence electrons. The van der Waals surface area contributed by atoms with Gasteiger partial charge in [-0.25, -0.2) is 0 Å². The molecule has 0 bridgehead atoms. The van der Waals surface area contributed by atoms with Gasteiger partial charge in [0.1, 0.15) is 0 Å². The summed E-state index contributed by atoms with van der Waals surface area (Å²) >= 11 is 1.84. The van der Waals surface area contributed by atoms with Crippen molar-refractivity contribution < 1.29 is 4.74 Å². The maximum atomic E-state index is 6.00. The number of rotatable bonds is 1. The molecule has 2 unspecified atom stereocenters. The monoisotopic (exact) mass is 252 g/mol. The van der Waals surface area contributed by atoms with Gasteiger partial charge in [0.2, 0.25) is 0 Å². The smallest absolute Gasteiger partial charge is 0.177 e. The lowest BCUT2D eigenvalue weighted by Crippen LogP contribution is -2.42. The van der Waals surface area contributed by atoms with E-state index in [-0.39, 0.29) is 0 Å². The van der Waals surface area contributed by atoms with E-state index in [1.165, 1.54) is 23.3 Å². The number of likely N-dealkylation sites (tertiary alicyclic amines) is 1. The third-order valence-corrected chi connectivity index (χ3v) is 5.00. The summed E-state index contributed by atoms with van der Waals surface area (Å²) in [6.07, 6.45) is 4.66. The summed E-state index contributed by atoms with van der Waals surface area (Å²) in [7, 11) is 2.18. The summed E-state index contributed by atoms with van der Waals surface area (Å²) in [6.45, 7) is 1.90. The van der Waals surface area contributed by atoms with Gasteiger partial charge in [0, 0.05) is 29.1 Å². The summed E-state index contributed by atoms with van der Waals surface area (Å²) in [6, 6.07) is 3.26. The van der Waals surface area contributed by atoms with Crippen molar-refractivity contribution in [3.8, 4) is 5.06 Å². The van der Waals surface area contributed by atoms with Crippen LogP contribution in [0.2, 0.25) is 0 Å². The first-order valence-electron chi connectivity index (χ1n) is 6.45. The zero-order valence-corrected chi connectivity index (χ0v) is 11.1. The van der Waals surface area contributed by atoms with Crippen LogP contribution in [0.15, 0.2) is 6.07 Å². The maximum Gasteiger partial charge on any atom is 0.177 e. The maximum absolute atomic E-state index is 6.00. The van der Waals surface area contributed by atoms with Gasteiger partial charge in [0.15, 0.2) is 5.06 Å². The lowest BCUT2D eigenvalue weighted by atomic mass is 9.98. The van der Waals surface area contributed by atoms with Gasteiger partial charge in [-0.2, -0.15) is 0 Å². The van der Waals surface area contributed by atoms with Gasteiger partial charge in [-0.1, -0.05) is 0 Å². The molecule has 2 aliphatic rings. The second-order valence-electron chi connectivity index (χ2n) is 5.21. The van der Waals surface area contributed by atoms with Gasteiger partial charge in [-0.15, -0.1) is 11.3 Å². The van der Waals surface area contributed by atoms with E-state index in [9.17, 15) is 0 Å². The van der Waals surface area contributed by atoms with E-state index < -0.39 is 0 Å². The van der Waals surface area contributed by atoms with Crippen molar-refractivity contribution in [1.29, 1.82) is 0 Å². The van der Waals surface area contributed by atoms with Crippen LogP contribution in [0.3, 0.4) is 0 Å². The number of piperidine rings is 1. The van der Waals surface area contributed by atoms with Crippen LogP contribution >= 0.6 is 11.3 Å². The molecule has 1 fully saturated rings. The zero-order valence-electron chi connectivity index (χ0n) is 10.3. The van der Waals surface area contributed by atoms with Crippen LogP contribution in [0.4, 0.5) is 0 Å². The Balaban J connectivity index is 1.81. The molecular formula is C13H20N2OS. The first-order chi connectivity index (χ1) is 8.24. The number of nitrogens with zero attached hydrogens (tertiary/aromatic N) is 1. The summed E-state index contributed by atoms with van der Waals surface area (Å²) in [4.78, 5) is 3.86. The molecule has 3 rings (SSSR count). The summed E-state index contributed by atoms with van der Waals surface area (Å²) in [5.74, 6) is 0. The van der Waals surface area contributed by atoms with Gasteiger partial charge < -0.3 is 10.5 Å². The highest BCUT2D eigenvalue weighted by atomic mass is 32.1. The van der Waals surface area contributed by atoms with Gasteiger partial charge in [-0.05, 0) is 38.8 Å². The first-order valence-corrected chi connectivity index (χ1v) is 7.27. The first kappa shape index (κ1) is 11.5. The largest absolute Gasteiger partial charge is 0.484 e. The Morgan fingerprint density at radius 2 is 2.35 bits per heavy atom. The molecule has 3 nitrogen and oxygen atoms in total. The number of ether oxygens (including phenoxy) is 1. The van der Waals surface area contributed by atoms with E-state index in [0.717, 1.165) is 31.1 Å². The van der Waals surface area contributed by atoms with E-state index >= 15 is 0 Å². The van der Waals surface area contributed by atoms with Crippen LogP contribution < -0.4 is 10.5 Å². The quantitative estimate of drug-likeness (QED) is 0.832. The third-order valence-electron chi connectivity index (χ3n) is 3.81. The number of hydrogen-bond donors (Lipinski definition) is 1. The molecule has 0 amide bonds. The molecule has 2 N–H and O–H groups in total. The molecule has 0 spiro atoms. The number of thiophene rings is 1. The van der Waals surface area contributed by atoms with E-state index in [1.807, 2.05) is 11.3 Å². The van der Waals surface area contributed by atoms with Crippen molar-refractivity contribution in [3.63, 3.8) is 0 Å². The van der Waals surface area contributed by atoms with Crippen molar-refractivity contribution in [3.05, 3.63) is 16.5 Å². The highest BCUT2D eigenvalue weighted by Gasteiger charge is 2.27. The fourth-order valence-electron chi connectivity index (χ4n) is 2.86. The highest BCUT2D eigenvalue weighted by molar-refractivity contribution is 7.14. The van der Waals surface area contributed by atoms with Crippen LogP contribution in [-0.4, -0.2) is 31.1 Å². The Labute approximate surface area is 107 Å². The SMILES string of the molecule is CN1CC(N)CCC1c1cc2c(s1)OCCC2. The van der Waals surface area contributed by atoms with Crippen molar-refractivity contribution in [2.45, 2.75) is 37.8 Å². The summed E-state index contributed by atoms with van der Waals surface area (Å²) in [5.41, 5.74) is 7.42. The van der Waals surface area contributed by atoms with Crippen LogP contribution in [0, 0.1) is 0 Å². The molecule has 0 radical (unpaired) electrons. The molecule has 1 saturated heterocycles. The molecular weight excluding hydrogens is 232 g/mol. The average Bonchev–Trinajstić information content (AvgIpc) is 2.72. The predicted octanol–water partition coefficient (Wildman–Crippen LogP) is 2.17. The number of hydrogen-bond acceptors (Lipinski definition) is 4. The average molecular weight is 252 g/mol. The Morgan fingerprint density at radius 3 is 3.12 bits per heavy atom. The van der Waals surface area contributed by atoms with Gasteiger partial charge in [0.25, 0.3) is 0 Å². The van der Waals surface area contributed by atoms with E-state index in [0.29, 0.717) is 12.1 Å². The molecule has 1 aromatic heterocycles. The normalized spacial score (nSPS) is 29.8. The van der Waals surface area contributed by atoms with E-state index in [1.54, 1.807) is 0 Å². The molecule has 0 aliphatic carbocycles. The van der Waals surface area contributed by atoms with Gasteiger partial charge in [0.05, 0.1) is 6.61 Å². The Kier molecular flexibility index (Phi) is 3.11. The van der Waals surface area contributed by atoms with E-state index in [4.69, 9.17) is 10.5 Å². The van der Waals surface area contributed by atoms with Crippen molar-refractivity contribution in [1.82, 2.24) is 4.90 Å². The molecule has 1 aromatic rings. The van der Waals surface area contributed by atoms with Crippen molar-refractivity contribution >= 4 is 11.3 Å². The molecule has 4 heteroatoms. The Morgan fingerprint density at radius 1 is 1.47 bits per heavy atom. The van der Waals surface area contributed by atoms with Gasteiger partial charge in [-0.3, -0.25) is 4.90 Å². The minimum Gasteiger partial charge on any atom is -0.484 e. The molecule has 3 heterocycles. The molecule has 17 heavy (non-hydrogen) atoms. The standard InChI is InChI=1S/C13H20N2OS/c1-15-8-10(14)4-5-11(15)12-7-9-3-2-6-16-13(9)17-12/h7,10-11H,2-6,8,14H2,1H3. The second-order valence-corrected chi connectivity index (χ2v) is 6.25. The lowest BCUT2D eigenvalue weighted by molar-refractivity contribution is 0.172. The van der Waals surface area contributed by atoms with Gasteiger partial charge >= 0.3 is 0 Å². The minimum atomic E-state index is 0.349. The molecule has 2 atom stereocenters. The summed E-state index contributed by atoms with van der Waals surface area (Å²) in [5, 5.41) is 1.16. The van der Waals surface area contributed by atoms with Crippen LogP contribution in [-0.2, 0) is 6.42 Å². The fourth-order valence-corrected chi connectivity index (χ4v) is 4.14. The van der Waals surface area contributed by atoms with Crippen LogP contribution in [0.25, 0.3) is 0 Å². The Hall–Kier alpha value is -0.580. The number of likely N-dealkylation sites (N-methyl/N-ethyl adjacent to an activating group) is 1. The molecule has 0 saturated carbocycles. The molecule has 0 aromatic carbocycles. The van der Waals surface area contributed by atoms with Crippen LogP contribution in [0.5, 0.6) is 5.06 Å². The number of aryl methyl sites for hydroxylation is 1. The zero-order chi connectivity index (χ0) is 11.8. The minimum absolute atomic E-state index is 0.349. The number of nitrogens with two attached hydrogens (primary N) is 1. The van der Waals surface area contributed by atoms with E-state index in [2.05, 4.69) is 18.0 Å². The Bertz CT molecular complexity index is 381. The van der Waals surface area contributed by atoms with Crippen molar-refractivity contribution in [2.75, 3.05) is 20.2 Å². The predicted molar refractivity (Wildman–Crippen MR) is 70.7 cm³/mol. The lowest BCUT2D eigenvalue weighted by Gasteiger charge is -2.35. The molecule has 2 aliphatic heterocycles. The van der Waals surface area contributed by atoms with Crippen molar-refractivity contribution in [2.24, 2.45) is 5.73 Å². The fraction of sp³-hybridized carbons (Fsp3) is 0.692. The third kappa shape index (κ3) is 2.21.